The van der Waals surface area contributed by atoms with Crippen molar-refractivity contribution in [1.29, 1.82) is 0 Å². The van der Waals surface area contributed by atoms with Gasteiger partial charge in [-0.05, 0) is 19.8 Å². The van der Waals surface area contributed by atoms with Crippen LogP contribution < -0.4 is 0 Å². The summed E-state index contributed by atoms with van der Waals surface area (Å²) in [5.41, 5.74) is 0. The maximum absolute atomic E-state index is 5.04. The van der Waals surface area contributed by atoms with Gasteiger partial charge in [-0.3, -0.25) is 0 Å². The van der Waals surface area contributed by atoms with Crippen LogP contribution in [0.2, 0.25) is 0 Å². The quantitative estimate of drug-likeness (QED) is 0.523. The summed E-state index contributed by atoms with van der Waals surface area (Å²) >= 11 is 0. The molecule has 0 N–H and O–H groups in total. The summed E-state index contributed by atoms with van der Waals surface area (Å²) in [6.45, 7) is 1.99. The van der Waals surface area contributed by atoms with Crippen LogP contribution in [0.4, 0.5) is 0 Å². The summed E-state index contributed by atoms with van der Waals surface area (Å²) < 4.78 is 5.04. The van der Waals surface area contributed by atoms with Gasteiger partial charge in [0.2, 0.25) is 0 Å². The zero-order valence-electron chi connectivity index (χ0n) is 7.39. The van der Waals surface area contributed by atoms with Gasteiger partial charge in [0.15, 0.2) is 0 Å². The van der Waals surface area contributed by atoms with Crippen molar-refractivity contribution in [2.24, 2.45) is 5.92 Å². The molecule has 1 fully saturated rings. The summed E-state index contributed by atoms with van der Waals surface area (Å²) in [7, 11) is 1.70. The highest BCUT2D eigenvalue weighted by Crippen LogP contribution is 2.23. The first-order valence-corrected chi connectivity index (χ1v) is 4.37. The molecule has 1 aliphatic carbocycles. The molecule has 1 heteroatoms. The molecular weight excluding hydrogens is 136 g/mol. The Hall–Kier alpha value is -0.480. The van der Waals surface area contributed by atoms with E-state index in [4.69, 9.17) is 4.74 Å². The van der Waals surface area contributed by atoms with Gasteiger partial charge in [0, 0.05) is 13.0 Å². The molecule has 1 unspecified atom stereocenters. The first-order valence-electron chi connectivity index (χ1n) is 4.37. The molecule has 0 amide bonds. The number of hydrogen-bond acceptors (Lipinski definition) is 1. The van der Waals surface area contributed by atoms with Crippen LogP contribution in [-0.2, 0) is 4.74 Å². The second-order valence-electron chi connectivity index (χ2n) is 3.15. The van der Waals surface area contributed by atoms with E-state index in [0.717, 1.165) is 0 Å². The molecule has 0 aliphatic heterocycles. The molecule has 0 radical (unpaired) electrons. The SMILES string of the molecule is COC(C)C#CC1CCCC1. The summed E-state index contributed by atoms with van der Waals surface area (Å²) in [5, 5.41) is 0. The molecule has 0 heterocycles. The molecule has 1 atom stereocenters. The third kappa shape index (κ3) is 2.95. The topological polar surface area (TPSA) is 9.23 Å². The fourth-order valence-electron chi connectivity index (χ4n) is 1.36. The van der Waals surface area contributed by atoms with Crippen LogP contribution in [0.25, 0.3) is 0 Å². The average Bonchev–Trinajstić information content (AvgIpc) is 2.52. The molecule has 1 saturated carbocycles. The second kappa shape index (κ2) is 4.41. The van der Waals surface area contributed by atoms with Crippen LogP contribution in [-0.4, -0.2) is 13.2 Å². The zero-order chi connectivity index (χ0) is 8.10. The van der Waals surface area contributed by atoms with Crippen LogP contribution in [0.15, 0.2) is 0 Å². The Bertz CT molecular complexity index is 157. The van der Waals surface area contributed by atoms with E-state index < -0.39 is 0 Å². The van der Waals surface area contributed by atoms with E-state index in [9.17, 15) is 0 Å². The molecule has 0 aromatic heterocycles. The van der Waals surface area contributed by atoms with E-state index in [2.05, 4.69) is 11.8 Å². The van der Waals surface area contributed by atoms with Gasteiger partial charge in [0.1, 0.15) is 6.10 Å². The van der Waals surface area contributed by atoms with Crippen molar-refractivity contribution in [2.45, 2.75) is 38.7 Å². The van der Waals surface area contributed by atoms with Gasteiger partial charge in [-0.2, -0.15) is 0 Å². The molecule has 62 valence electrons. The molecule has 0 bridgehead atoms. The minimum atomic E-state index is 0.107. The van der Waals surface area contributed by atoms with Gasteiger partial charge in [-0.25, -0.2) is 0 Å². The molecule has 1 aliphatic rings. The van der Waals surface area contributed by atoms with E-state index in [0.29, 0.717) is 5.92 Å². The summed E-state index contributed by atoms with van der Waals surface area (Å²) in [6.07, 6.45) is 5.42. The second-order valence-corrected chi connectivity index (χ2v) is 3.15. The van der Waals surface area contributed by atoms with Crippen LogP contribution in [0, 0.1) is 17.8 Å². The standard InChI is InChI=1S/C10H16O/c1-9(11-2)7-8-10-5-3-4-6-10/h9-10H,3-6H2,1-2H3. The monoisotopic (exact) mass is 152 g/mol. The van der Waals surface area contributed by atoms with Crippen molar-refractivity contribution in [3.63, 3.8) is 0 Å². The van der Waals surface area contributed by atoms with Crippen molar-refractivity contribution in [2.75, 3.05) is 7.11 Å². The van der Waals surface area contributed by atoms with E-state index in [1.807, 2.05) is 6.92 Å². The maximum Gasteiger partial charge on any atom is 0.115 e. The molecular formula is C10H16O. The number of rotatable bonds is 1. The average molecular weight is 152 g/mol. The number of methoxy groups -OCH3 is 1. The Morgan fingerprint density at radius 1 is 1.36 bits per heavy atom. The Morgan fingerprint density at radius 3 is 2.55 bits per heavy atom. The Kier molecular flexibility index (Phi) is 3.45. The fraction of sp³-hybridized carbons (Fsp3) is 0.800. The summed E-state index contributed by atoms with van der Waals surface area (Å²) in [4.78, 5) is 0. The van der Waals surface area contributed by atoms with Crippen LogP contribution >= 0.6 is 0 Å². The normalized spacial score (nSPS) is 20.9. The lowest BCUT2D eigenvalue weighted by Gasteiger charge is -2.00. The fourth-order valence-corrected chi connectivity index (χ4v) is 1.36. The van der Waals surface area contributed by atoms with Crippen molar-refractivity contribution >= 4 is 0 Å². The summed E-state index contributed by atoms with van der Waals surface area (Å²) in [6, 6.07) is 0. The van der Waals surface area contributed by atoms with Crippen LogP contribution in [0.5, 0.6) is 0 Å². The van der Waals surface area contributed by atoms with Gasteiger partial charge < -0.3 is 4.74 Å². The minimum Gasteiger partial charge on any atom is -0.369 e. The maximum atomic E-state index is 5.04. The van der Waals surface area contributed by atoms with E-state index in [-0.39, 0.29) is 6.10 Å². The Morgan fingerprint density at radius 2 is 2.00 bits per heavy atom. The predicted octanol–water partition coefficient (Wildman–Crippen LogP) is 2.21. The van der Waals surface area contributed by atoms with Crippen molar-refractivity contribution < 1.29 is 4.74 Å². The van der Waals surface area contributed by atoms with Crippen molar-refractivity contribution in [1.82, 2.24) is 0 Å². The van der Waals surface area contributed by atoms with Crippen LogP contribution in [0.1, 0.15) is 32.6 Å². The highest BCUT2D eigenvalue weighted by atomic mass is 16.5. The van der Waals surface area contributed by atoms with E-state index in [1.165, 1.54) is 25.7 Å². The van der Waals surface area contributed by atoms with Crippen molar-refractivity contribution in [3.05, 3.63) is 0 Å². The first-order chi connectivity index (χ1) is 5.33. The molecule has 0 aromatic carbocycles. The lowest BCUT2D eigenvalue weighted by atomic mass is 10.1. The highest BCUT2D eigenvalue weighted by Gasteiger charge is 2.11. The van der Waals surface area contributed by atoms with Crippen molar-refractivity contribution in [3.8, 4) is 11.8 Å². The molecule has 0 aromatic rings. The summed E-state index contributed by atoms with van der Waals surface area (Å²) in [5.74, 6) is 7.02. The van der Waals surface area contributed by atoms with Crippen LogP contribution in [0.3, 0.4) is 0 Å². The van der Waals surface area contributed by atoms with Gasteiger partial charge in [-0.15, -0.1) is 0 Å². The number of hydrogen-bond donors (Lipinski definition) is 0. The van der Waals surface area contributed by atoms with Gasteiger partial charge in [-0.1, -0.05) is 24.7 Å². The predicted molar refractivity (Wildman–Crippen MR) is 46.2 cm³/mol. The third-order valence-corrected chi connectivity index (χ3v) is 2.20. The van der Waals surface area contributed by atoms with E-state index in [1.54, 1.807) is 7.11 Å². The molecule has 0 spiro atoms. The lowest BCUT2D eigenvalue weighted by Crippen LogP contribution is -2.00. The molecule has 11 heavy (non-hydrogen) atoms. The van der Waals surface area contributed by atoms with Gasteiger partial charge in [0.05, 0.1) is 0 Å². The van der Waals surface area contributed by atoms with Gasteiger partial charge in [0.25, 0.3) is 0 Å². The van der Waals surface area contributed by atoms with E-state index >= 15 is 0 Å². The molecule has 0 saturated heterocycles. The Labute approximate surface area is 69.1 Å². The largest absolute Gasteiger partial charge is 0.369 e. The lowest BCUT2D eigenvalue weighted by molar-refractivity contribution is 0.163. The zero-order valence-corrected chi connectivity index (χ0v) is 7.39. The number of ether oxygens (including phenoxy) is 1. The molecule has 1 nitrogen and oxygen atoms in total. The van der Waals surface area contributed by atoms with Gasteiger partial charge >= 0.3 is 0 Å². The molecule has 1 rings (SSSR count). The Balaban J connectivity index is 2.30. The minimum absolute atomic E-state index is 0.107. The highest BCUT2D eigenvalue weighted by molar-refractivity contribution is 5.08. The smallest absolute Gasteiger partial charge is 0.115 e. The third-order valence-electron chi connectivity index (χ3n) is 2.20. The first kappa shape index (κ1) is 8.62.